The Morgan fingerprint density at radius 2 is 2.15 bits per heavy atom. The van der Waals surface area contributed by atoms with Crippen LogP contribution in [-0.4, -0.2) is 16.7 Å². The van der Waals surface area contributed by atoms with Gasteiger partial charge in [-0.3, -0.25) is 14.9 Å². The van der Waals surface area contributed by atoms with Crippen LogP contribution in [0.25, 0.3) is 0 Å². The van der Waals surface area contributed by atoms with Gasteiger partial charge in [0.1, 0.15) is 0 Å². The van der Waals surface area contributed by atoms with Crippen LogP contribution in [0.15, 0.2) is 0 Å². The second-order valence-corrected chi connectivity index (χ2v) is 4.05. The lowest BCUT2D eigenvalue weighted by molar-refractivity contribution is -0.511. The molecular weight excluding hydrogens is 170 g/mol. The van der Waals surface area contributed by atoms with Crippen LogP contribution < -0.4 is 0 Å². The average molecular weight is 185 g/mol. The van der Waals surface area contributed by atoms with Crippen molar-refractivity contribution in [3.63, 3.8) is 0 Å². The third-order valence-electron chi connectivity index (χ3n) is 2.86. The first-order valence-electron chi connectivity index (χ1n) is 4.68. The summed E-state index contributed by atoms with van der Waals surface area (Å²) in [6.07, 6.45) is 1.64. The van der Waals surface area contributed by atoms with Crippen molar-refractivity contribution in [2.75, 3.05) is 0 Å². The number of ketones is 1. The summed E-state index contributed by atoms with van der Waals surface area (Å²) in [5.41, 5.74) is 0. The Morgan fingerprint density at radius 1 is 1.54 bits per heavy atom. The van der Waals surface area contributed by atoms with Gasteiger partial charge in [-0.2, -0.15) is 0 Å². The third kappa shape index (κ3) is 2.26. The Balaban J connectivity index is 2.63. The molecule has 1 saturated carbocycles. The van der Waals surface area contributed by atoms with E-state index in [2.05, 4.69) is 13.8 Å². The van der Waals surface area contributed by atoms with Crippen molar-refractivity contribution < 1.29 is 9.72 Å². The molecule has 1 rings (SSSR count). The second kappa shape index (κ2) is 3.85. The summed E-state index contributed by atoms with van der Waals surface area (Å²) in [6.45, 7) is 4.11. The van der Waals surface area contributed by atoms with Gasteiger partial charge in [0, 0.05) is 17.8 Å². The molecule has 13 heavy (non-hydrogen) atoms. The molecule has 0 amide bonds. The summed E-state index contributed by atoms with van der Waals surface area (Å²) in [7, 11) is 0. The molecule has 4 heteroatoms. The fourth-order valence-electron chi connectivity index (χ4n) is 1.84. The van der Waals surface area contributed by atoms with Gasteiger partial charge in [0.05, 0.1) is 0 Å². The van der Waals surface area contributed by atoms with Gasteiger partial charge < -0.3 is 0 Å². The topological polar surface area (TPSA) is 60.2 Å². The maximum absolute atomic E-state index is 11.2. The van der Waals surface area contributed by atoms with Crippen molar-refractivity contribution in [2.45, 2.75) is 39.2 Å². The maximum atomic E-state index is 11.2. The van der Waals surface area contributed by atoms with E-state index in [1.807, 2.05) is 0 Å². The van der Waals surface area contributed by atoms with Gasteiger partial charge in [-0.05, 0) is 18.3 Å². The van der Waals surface area contributed by atoms with Crippen molar-refractivity contribution in [2.24, 2.45) is 11.8 Å². The molecule has 4 nitrogen and oxygen atoms in total. The van der Waals surface area contributed by atoms with Crippen LogP contribution in [0.5, 0.6) is 0 Å². The van der Waals surface area contributed by atoms with E-state index in [0.717, 1.165) is 6.42 Å². The van der Waals surface area contributed by atoms with Gasteiger partial charge in [-0.25, -0.2) is 0 Å². The zero-order chi connectivity index (χ0) is 10.0. The monoisotopic (exact) mass is 185 g/mol. The van der Waals surface area contributed by atoms with E-state index >= 15 is 0 Å². The van der Waals surface area contributed by atoms with E-state index in [-0.39, 0.29) is 5.78 Å². The second-order valence-electron chi connectivity index (χ2n) is 4.05. The minimum Gasteiger partial charge on any atom is -0.292 e. The Morgan fingerprint density at radius 3 is 2.62 bits per heavy atom. The van der Waals surface area contributed by atoms with Crippen molar-refractivity contribution in [3.05, 3.63) is 10.1 Å². The summed E-state index contributed by atoms with van der Waals surface area (Å²) in [5.74, 6) is 0.588. The van der Waals surface area contributed by atoms with Crippen LogP contribution in [0.2, 0.25) is 0 Å². The maximum Gasteiger partial charge on any atom is 0.270 e. The molecule has 0 aliphatic heterocycles. The minimum absolute atomic E-state index is 0.193. The third-order valence-corrected chi connectivity index (χ3v) is 2.86. The fraction of sp³-hybridized carbons (Fsp3) is 0.889. The predicted molar refractivity (Wildman–Crippen MR) is 48.0 cm³/mol. The van der Waals surface area contributed by atoms with Gasteiger partial charge in [-0.1, -0.05) is 13.8 Å². The van der Waals surface area contributed by atoms with E-state index in [9.17, 15) is 14.9 Å². The molecule has 0 aromatic heterocycles. The molecule has 0 radical (unpaired) electrons. The molecule has 0 aromatic carbocycles. The lowest BCUT2D eigenvalue weighted by Crippen LogP contribution is -2.37. The van der Waals surface area contributed by atoms with Crippen LogP contribution in [0.4, 0.5) is 0 Å². The molecule has 0 unspecified atom stereocenters. The summed E-state index contributed by atoms with van der Waals surface area (Å²) in [5, 5.41) is 10.5. The van der Waals surface area contributed by atoms with Crippen LogP contribution in [0.3, 0.4) is 0 Å². The molecule has 0 bridgehead atoms. The normalized spacial score (nSPS) is 29.3. The van der Waals surface area contributed by atoms with E-state index in [4.69, 9.17) is 0 Å². The first kappa shape index (κ1) is 10.2. The predicted octanol–water partition coefficient (Wildman–Crippen LogP) is 1.66. The average Bonchev–Trinajstić information content (AvgIpc) is 2.04. The molecule has 1 fully saturated rings. The summed E-state index contributed by atoms with van der Waals surface area (Å²) >= 11 is 0. The Bertz CT molecular complexity index is 225. The number of hydrogen-bond donors (Lipinski definition) is 0. The van der Waals surface area contributed by atoms with Gasteiger partial charge in [-0.15, -0.1) is 0 Å². The SMILES string of the molecule is CC(C)[C@@H]1CCC(=O)[C@@H]([N+](=O)[O-])C1. The number of rotatable bonds is 2. The quantitative estimate of drug-likeness (QED) is 0.485. The molecule has 74 valence electrons. The largest absolute Gasteiger partial charge is 0.292 e. The Labute approximate surface area is 77.5 Å². The number of carbonyl (C=O) groups is 1. The van der Waals surface area contributed by atoms with Crippen molar-refractivity contribution >= 4 is 5.78 Å². The van der Waals surface area contributed by atoms with Crippen molar-refractivity contribution in [1.29, 1.82) is 0 Å². The minimum atomic E-state index is -0.929. The van der Waals surface area contributed by atoms with Crippen LogP contribution >= 0.6 is 0 Å². The molecular formula is C9H15NO3. The molecule has 2 atom stereocenters. The molecule has 0 N–H and O–H groups in total. The first-order valence-corrected chi connectivity index (χ1v) is 4.68. The smallest absolute Gasteiger partial charge is 0.270 e. The molecule has 0 saturated heterocycles. The van der Waals surface area contributed by atoms with Gasteiger partial charge in [0.25, 0.3) is 6.04 Å². The van der Waals surface area contributed by atoms with Crippen molar-refractivity contribution in [3.8, 4) is 0 Å². The summed E-state index contributed by atoms with van der Waals surface area (Å²) < 4.78 is 0. The summed E-state index contributed by atoms with van der Waals surface area (Å²) in [4.78, 5) is 21.2. The van der Waals surface area contributed by atoms with Gasteiger partial charge in [0.15, 0.2) is 0 Å². The Kier molecular flexibility index (Phi) is 3.01. The van der Waals surface area contributed by atoms with Gasteiger partial charge >= 0.3 is 0 Å². The highest BCUT2D eigenvalue weighted by Gasteiger charge is 2.37. The fourth-order valence-corrected chi connectivity index (χ4v) is 1.84. The van der Waals surface area contributed by atoms with Crippen LogP contribution in [0.1, 0.15) is 33.1 Å². The van der Waals surface area contributed by atoms with E-state index in [0.29, 0.717) is 24.7 Å². The lowest BCUT2D eigenvalue weighted by Gasteiger charge is -2.25. The standard InChI is InChI=1S/C9H15NO3/c1-6(2)7-3-4-9(11)8(5-7)10(12)13/h6-8H,3-5H2,1-2H3/t7-,8+/m1/s1. The number of nitro groups is 1. The zero-order valence-corrected chi connectivity index (χ0v) is 8.03. The number of Topliss-reactive ketones (excluding diaryl/α,β-unsaturated/α-hetero) is 1. The van der Waals surface area contributed by atoms with Gasteiger partial charge in [0.2, 0.25) is 5.78 Å². The van der Waals surface area contributed by atoms with Crippen LogP contribution in [0, 0.1) is 22.0 Å². The highest BCUT2D eigenvalue weighted by molar-refractivity contribution is 5.83. The first-order chi connectivity index (χ1) is 6.02. The van der Waals surface area contributed by atoms with E-state index < -0.39 is 11.0 Å². The van der Waals surface area contributed by atoms with E-state index in [1.165, 1.54) is 0 Å². The Hall–Kier alpha value is -0.930. The summed E-state index contributed by atoms with van der Waals surface area (Å²) in [6, 6.07) is -0.929. The molecule has 1 aliphatic carbocycles. The number of hydrogen-bond acceptors (Lipinski definition) is 3. The molecule has 0 heterocycles. The highest BCUT2D eigenvalue weighted by atomic mass is 16.6. The highest BCUT2D eigenvalue weighted by Crippen LogP contribution is 2.29. The van der Waals surface area contributed by atoms with E-state index in [1.54, 1.807) is 0 Å². The zero-order valence-electron chi connectivity index (χ0n) is 8.03. The van der Waals surface area contributed by atoms with Crippen molar-refractivity contribution in [1.82, 2.24) is 0 Å². The lowest BCUT2D eigenvalue weighted by atomic mass is 9.79. The molecule has 1 aliphatic rings. The number of nitrogens with zero attached hydrogens (tertiary/aromatic N) is 1. The molecule has 0 spiro atoms. The number of carbonyl (C=O) groups excluding carboxylic acids is 1. The van der Waals surface area contributed by atoms with Crippen LogP contribution in [-0.2, 0) is 4.79 Å². The molecule has 0 aromatic rings.